The zero-order valence-corrected chi connectivity index (χ0v) is 23.8. The summed E-state index contributed by atoms with van der Waals surface area (Å²) in [6.45, 7) is -0.123. The molecular formula is C21H22ClN7O6S4. The van der Waals surface area contributed by atoms with Gasteiger partial charge < -0.3 is 32.2 Å². The van der Waals surface area contributed by atoms with Crippen LogP contribution in [0, 0.1) is 0 Å². The van der Waals surface area contributed by atoms with Crippen molar-refractivity contribution in [3.05, 3.63) is 44.7 Å². The van der Waals surface area contributed by atoms with E-state index in [0.717, 1.165) is 26.7 Å². The lowest BCUT2D eigenvalue weighted by molar-refractivity contribution is -0.150. The maximum atomic E-state index is 13.0. The molecule has 2 aromatic heterocycles. The third-order valence-corrected chi connectivity index (χ3v) is 10.4. The molecule has 2 aliphatic rings. The maximum absolute atomic E-state index is 13.0. The van der Waals surface area contributed by atoms with E-state index in [1.54, 1.807) is 18.5 Å². The zero-order valence-electron chi connectivity index (χ0n) is 19.8. The number of anilines is 1. The van der Waals surface area contributed by atoms with Gasteiger partial charge in [0.2, 0.25) is 0 Å². The second-order valence-electron chi connectivity index (χ2n) is 8.10. The Morgan fingerprint density at radius 2 is 2.18 bits per heavy atom. The van der Waals surface area contributed by atoms with Crippen molar-refractivity contribution >= 4 is 86.9 Å². The fraction of sp³-hybridized carbons (Fsp3) is 0.333. The smallest absolute Gasteiger partial charge is 0.353 e. The summed E-state index contributed by atoms with van der Waals surface area (Å²) in [6.07, 6.45) is 3.28. The van der Waals surface area contributed by atoms with Gasteiger partial charge in [0.1, 0.15) is 27.1 Å². The number of nitrogens with two attached hydrogens (primary N) is 2. The van der Waals surface area contributed by atoms with Crippen molar-refractivity contribution in [2.75, 3.05) is 23.8 Å². The van der Waals surface area contributed by atoms with Crippen LogP contribution in [0.2, 0.25) is 4.34 Å². The number of nitrogens with zero attached hydrogens (tertiary/aromatic N) is 4. The average Bonchev–Trinajstić information content (AvgIpc) is 3.25. The van der Waals surface area contributed by atoms with Gasteiger partial charge in [-0.15, -0.1) is 11.8 Å². The minimum absolute atomic E-state index is 0.0342. The molecule has 0 saturated carbocycles. The topological polar surface area (TPSA) is 217 Å². The lowest BCUT2D eigenvalue weighted by atomic mass is 10.0. The molecule has 2 aromatic rings. The van der Waals surface area contributed by atoms with Crippen LogP contribution in [-0.2, 0) is 20.1 Å². The number of aliphatic hydroxyl groups is 1. The van der Waals surface area contributed by atoms with E-state index in [1.807, 2.05) is 0 Å². The van der Waals surface area contributed by atoms with Gasteiger partial charge in [0.25, 0.3) is 11.8 Å². The van der Waals surface area contributed by atoms with Gasteiger partial charge in [0.15, 0.2) is 10.8 Å². The fourth-order valence-electron chi connectivity index (χ4n) is 3.67. The second kappa shape index (κ2) is 12.8. The number of nitrogen functional groups attached to an aromatic ring is 1. The monoisotopic (exact) mass is 631 g/mol. The Morgan fingerprint density at radius 1 is 1.41 bits per heavy atom. The number of hydrogen-bond donors (Lipinski definition) is 6. The van der Waals surface area contributed by atoms with Crippen LogP contribution >= 0.6 is 58.2 Å². The number of rotatable bonds is 11. The average molecular weight is 632 g/mol. The van der Waals surface area contributed by atoms with Gasteiger partial charge in [-0.25, -0.2) is 9.78 Å². The number of carboxylic acid groups (broad SMARTS) is 1. The molecule has 0 bridgehead atoms. The van der Waals surface area contributed by atoms with Gasteiger partial charge in [0, 0.05) is 45.5 Å². The Bertz CT molecular complexity index is 1360. The summed E-state index contributed by atoms with van der Waals surface area (Å²) in [5.74, 6) is -1.45. The molecule has 0 unspecified atom stereocenters. The highest BCUT2D eigenvalue weighted by atomic mass is 35.5. The molecule has 1 fully saturated rings. The van der Waals surface area contributed by atoms with Crippen molar-refractivity contribution in [3.63, 3.8) is 0 Å². The number of carboxylic acids is 1. The number of oxime groups is 1. The van der Waals surface area contributed by atoms with Crippen molar-refractivity contribution in [2.24, 2.45) is 10.9 Å². The van der Waals surface area contributed by atoms with Crippen molar-refractivity contribution in [2.45, 2.75) is 28.1 Å². The molecule has 0 radical (unpaired) electrons. The fourth-order valence-corrected chi connectivity index (χ4v) is 8.23. The normalized spacial score (nSPS) is 19.9. The number of amides is 2. The van der Waals surface area contributed by atoms with Crippen LogP contribution in [0.3, 0.4) is 0 Å². The molecule has 1 saturated heterocycles. The molecular weight excluding hydrogens is 610 g/mol. The van der Waals surface area contributed by atoms with Crippen LogP contribution in [0.25, 0.3) is 0 Å². The van der Waals surface area contributed by atoms with Crippen LogP contribution in [0.15, 0.2) is 39.1 Å². The van der Waals surface area contributed by atoms with Gasteiger partial charge in [-0.2, -0.15) is 11.8 Å². The lowest BCUT2D eigenvalue weighted by Gasteiger charge is -2.49. The molecule has 3 atom stereocenters. The number of carbonyl (C=O) groups is 3. The van der Waals surface area contributed by atoms with Gasteiger partial charge in [-0.05, 0) is 11.6 Å². The Hall–Kier alpha value is -2.54. The van der Waals surface area contributed by atoms with Gasteiger partial charge >= 0.3 is 5.97 Å². The lowest BCUT2D eigenvalue weighted by Crippen LogP contribution is -2.71. The molecule has 208 valence electrons. The van der Waals surface area contributed by atoms with E-state index in [-0.39, 0.29) is 39.3 Å². The van der Waals surface area contributed by atoms with E-state index in [1.165, 1.54) is 35.3 Å². The minimum atomic E-state index is -1.28. The molecule has 0 aromatic carbocycles. The van der Waals surface area contributed by atoms with Gasteiger partial charge in [-0.1, -0.05) is 39.9 Å². The van der Waals surface area contributed by atoms with E-state index >= 15 is 0 Å². The first-order valence-corrected chi connectivity index (χ1v) is 15.3. The van der Waals surface area contributed by atoms with Crippen molar-refractivity contribution in [3.8, 4) is 0 Å². The number of halogens is 1. The summed E-state index contributed by atoms with van der Waals surface area (Å²) < 4.78 is 0.0342. The molecule has 18 heteroatoms. The van der Waals surface area contributed by atoms with Gasteiger partial charge in [0.05, 0.1) is 6.61 Å². The molecule has 4 rings (SSSR count). The van der Waals surface area contributed by atoms with Gasteiger partial charge in [-0.3, -0.25) is 19.5 Å². The number of carbonyl (C=O) groups excluding carboxylic acids is 2. The predicted octanol–water partition coefficient (Wildman–Crippen LogP) is 0.993. The summed E-state index contributed by atoms with van der Waals surface area (Å²) in [6, 6.07) is 0.361. The van der Waals surface area contributed by atoms with E-state index < -0.39 is 34.9 Å². The number of aliphatic hydroxyl groups excluding tert-OH is 1. The number of hydrogen-bond acceptors (Lipinski definition) is 14. The van der Waals surface area contributed by atoms with Crippen molar-refractivity contribution in [1.29, 1.82) is 0 Å². The Kier molecular flexibility index (Phi) is 9.63. The van der Waals surface area contributed by atoms with E-state index in [0.29, 0.717) is 16.4 Å². The second-order valence-corrected chi connectivity index (χ2v) is 13.0. The third kappa shape index (κ3) is 6.29. The number of thioether (sulfide) groups is 3. The molecule has 2 amide bonds. The van der Waals surface area contributed by atoms with Crippen LogP contribution in [0.4, 0.5) is 5.13 Å². The zero-order chi connectivity index (χ0) is 28.3. The first kappa shape index (κ1) is 29.4. The summed E-state index contributed by atoms with van der Waals surface area (Å²) in [7, 11) is 0. The first-order chi connectivity index (χ1) is 18.7. The Morgan fingerprint density at radius 3 is 2.82 bits per heavy atom. The highest BCUT2D eigenvalue weighted by Gasteiger charge is 2.54. The number of nitrogens with one attached hydrogen (secondary N) is 1. The van der Waals surface area contributed by atoms with Crippen LogP contribution in [-0.4, -0.2) is 89.4 Å². The number of β-lactam (4-membered cyclic amide) rings is 1. The summed E-state index contributed by atoms with van der Waals surface area (Å²) in [5.41, 5.74) is 11.4. The largest absolute Gasteiger partial charge is 0.477 e. The molecule has 8 N–H and O–H groups in total. The molecule has 2 aliphatic heterocycles. The molecule has 13 nitrogen and oxygen atoms in total. The number of thiazole rings is 1. The first-order valence-electron chi connectivity index (χ1n) is 11.1. The molecule has 4 heterocycles. The molecule has 39 heavy (non-hydrogen) atoms. The summed E-state index contributed by atoms with van der Waals surface area (Å²) in [4.78, 5) is 48.5. The number of fused-ring (bicyclic) bond motifs is 1. The number of aliphatic carboxylic acids is 1. The SMILES string of the molecule is Nc1nc(/C(=N\O)C(=O)N[C@@H]2C(=O)N3C(C(=O)O)=C(Sc4ccncc4CSC[C@@H](N)CO)CS[C@H]23)c(Cl)s1. The molecule has 0 spiro atoms. The highest BCUT2D eigenvalue weighted by Crippen LogP contribution is 2.46. The van der Waals surface area contributed by atoms with E-state index in [2.05, 4.69) is 20.4 Å². The van der Waals surface area contributed by atoms with Crippen molar-refractivity contribution < 1.29 is 29.8 Å². The summed E-state index contributed by atoms with van der Waals surface area (Å²) in [5, 5.41) is 33.3. The molecule has 0 aliphatic carbocycles. The minimum Gasteiger partial charge on any atom is -0.477 e. The quantitative estimate of drug-likeness (QED) is 0.0883. The highest BCUT2D eigenvalue weighted by molar-refractivity contribution is 8.06. The standard InChI is InChI=1S/C21H22ClN7O6S4/c22-16-12(27-21(24)39-16)13(28-35)17(31)26-14-18(32)29-15(20(33)34)11(7-37-19(14)29)38-10-1-2-25-3-8(10)5-36-6-9(23)4-30/h1-3,9,14,19,30,35H,4-7,23H2,(H2,24,27)(H,26,31)(H,33,34)/b28-13+/t9-,14+,19+/m0/s1. The predicted molar refractivity (Wildman–Crippen MR) is 151 cm³/mol. The third-order valence-electron chi connectivity index (χ3n) is 5.48. The van der Waals surface area contributed by atoms with E-state index in [4.69, 9.17) is 28.2 Å². The Labute approximate surface area is 243 Å². The van der Waals surface area contributed by atoms with Crippen LogP contribution in [0.5, 0.6) is 0 Å². The Balaban J connectivity index is 1.50. The van der Waals surface area contributed by atoms with Crippen molar-refractivity contribution in [1.82, 2.24) is 20.2 Å². The maximum Gasteiger partial charge on any atom is 0.353 e. The van der Waals surface area contributed by atoms with E-state index in [9.17, 15) is 24.7 Å². The van der Waals surface area contributed by atoms with Crippen LogP contribution in [0.1, 0.15) is 11.3 Å². The number of pyridine rings is 1. The summed E-state index contributed by atoms with van der Waals surface area (Å²) >= 11 is 10.9. The number of aromatic nitrogens is 2. The van der Waals surface area contributed by atoms with Crippen LogP contribution < -0.4 is 16.8 Å².